The maximum Gasteiger partial charge on any atom is 0.261 e. The summed E-state index contributed by atoms with van der Waals surface area (Å²) in [4.78, 5) is 25.7. The Balaban J connectivity index is 2.39. The van der Waals surface area contributed by atoms with Crippen LogP contribution < -0.4 is 10.7 Å². The zero-order valence-electron chi connectivity index (χ0n) is 9.83. The number of aryl methyl sites for hydroxylation is 1. The minimum atomic E-state index is -2.53. The predicted molar refractivity (Wildman–Crippen MR) is 61.0 cm³/mol. The van der Waals surface area contributed by atoms with Crippen molar-refractivity contribution in [2.45, 2.75) is 13.3 Å². The molecule has 0 spiro atoms. The smallest absolute Gasteiger partial charge is 0.261 e. The molecular weight excluding hydrogens is 246 g/mol. The zero-order valence-corrected chi connectivity index (χ0v) is 9.83. The summed E-state index contributed by atoms with van der Waals surface area (Å²) in [5, 5.41) is 2.40. The molecule has 1 amide bonds. The fourth-order valence-corrected chi connectivity index (χ4v) is 1.26. The van der Waals surface area contributed by atoms with E-state index in [0.717, 1.165) is 0 Å². The first kappa shape index (κ1) is 14.3. The van der Waals surface area contributed by atoms with Gasteiger partial charge in [0.2, 0.25) is 0 Å². The van der Waals surface area contributed by atoms with Gasteiger partial charge < -0.3 is 15.0 Å². The monoisotopic (exact) mass is 260 g/mol. The van der Waals surface area contributed by atoms with Gasteiger partial charge in [-0.15, -0.1) is 0 Å². The number of nitrogens with one attached hydrogen (secondary N) is 2. The number of aromatic nitrogens is 1. The van der Waals surface area contributed by atoms with Crippen LogP contribution in [-0.4, -0.2) is 37.1 Å². The Kier molecular flexibility index (Phi) is 5.44. The number of H-pyrrole nitrogens is 1. The lowest BCUT2D eigenvalue weighted by Crippen LogP contribution is -2.31. The molecule has 1 rings (SSSR count). The number of carbonyl (C=O) groups is 1. The van der Waals surface area contributed by atoms with Crippen molar-refractivity contribution in [1.29, 1.82) is 0 Å². The Morgan fingerprint density at radius 2 is 2.28 bits per heavy atom. The van der Waals surface area contributed by atoms with Crippen molar-refractivity contribution >= 4 is 5.91 Å². The van der Waals surface area contributed by atoms with Gasteiger partial charge in [-0.05, 0) is 6.92 Å². The summed E-state index contributed by atoms with van der Waals surface area (Å²) in [5.74, 6) is -0.558. The first-order valence-corrected chi connectivity index (χ1v) is 5.34. The Morgan fingerprint density at radius 1 is 1.56 bits per heavy atom. The molecule has 18 heavy (non-hydrogen) atoms. The van der Waals surface area contributed by atoms with Crippen LogP contribution in [0.4, 0.5) is 8.78 Å². The summed E-state index contributed by atoms with van der Waals surface area (Å²) in [5.41, 5.74) is 0.239. The SMILES string of the molecule is Cc1cc(=O)c(C(=O)NCCOCC(F)F)c[nH]1. The molecule has 5 nitrogen and oxygen atoms in total. The van der Waals surface area contributed by atoms with Crippen LogP contribution in [0.2, 0.25) is 0 Å². The number of hydrogen-bond acceptors (Lipinski definition) is 3. The highest BCUT2D eigenvalue weighted by molar-refractivity contribution is 5.93. The van der Waals surface area contributed by atoms with Gasteiger partial charge in [0.05, 0.1) is 6.61 Å². The Morgan fingerprint density at radius 3 is 2.89 bits per heavy atom. The van der Waals surface area contributed by atoms with Crippen LogP contribution in [0.1, 0.15) is 16.1 Å². The first-order chi connectivity index (χ1) is 8.50. The molecule has 0 aliphatic heterocycles. The Bertz CT molecular complexity index is 460. The van der Waals surface area contributed by atoms with E-state index in [2.05, 4.69) is 15.0 Å². The summed E-state index contributed by atoms with van der Waals surface area (Å²) >= 11 is 0. The van der Waals surface area contributed by atoms with Crippen LogP contribution in [0.15, 0.2) is 17.1 Å². The van der Waals surface area contributed by atoms with Crippen molar-refractivity contribution in [1.82, 2.24) is 10.3 Å². The molecule has 0 bridgehead atoms. The van der Waals surface area contributed by atoms with Gasteiger partial charge in [-0.25, -0.2) is 8.78 Å². The van der Waals surface area contributed by atoms with Crippen molar-refractivity contribution in [3.05, 3.63) is 33.7 Å². The molecule has 1 aromatic heterocycles. The van der Waals surface area contributed by atoms with E-state index in [-0.39, 0.29) is 18.7 Å². The summed E-state index contributed by atoms with van der Waals surface area (Å²) in [7, 11) is 0. The Labute approximate surface area is 102 Å². The van der Waals surface area contributed by atoms with E-state index < -0.39 is 24.4 Å². The number of carbonyl (C=O) groups excluding carboxylic acids is 1. The van der Waals surface area contributed by atoms with Gasteiger partial charge in [0, 0.05) is 24.5 Å². The van der Waals surface area contributed by atoms with E-state index in [9.17, 15) is 18.4 Å². The maximum absolute atomic E-state index is 11.7. The van der Waals surface area contributed by atoms with Gasteiger partial charge in [-0.3, -0.25) is 9.59 Å². The van der Waals surface area contributed by atoms with Crippen molar-refractivity contribution < 1.29 is 18.3 Å². The average molecular weight is 260 g/mol. The lowest BCUT2D eigenvalue weighted by molar-refractivity contribution is 0.0188. The van der Waals surface area contributed by atoms with Crippen LogP contribution in [0.25, 0.3) is 0 Å². The molecule has 0 saturated heterocycles. The number of pyridine rings is 1. The third kappa shape index (κ3) is 4.62. The van der Waals surface area contributed by atoms with Crippen molar-refractivity contribution in [3.63, 3.8) is 0 Å². The number of alkyl halides is 2. The lowest BCUT2D eigenvalue weighted by atomic mass is 10.2. The minimum absolute atomic E-state index is 0.0190. The fraction of sp³-hybridized carbons (Fsp3) is 0.455. The van der Waals surface area contributed by atoms with Crippen LogP contribution in [0.3, 0.4) is 0 Å². The van der Waals surface area contributed by atoms with Gasteiger partial charge >= 0.3 is 0 Å². The molecule has 0 aliphatic rings. The van der Waals surface area contributed by atoms with E-state index in [1.807, 2.05) is 0 Å². The molecule has 0 atom stereocenters. The van der Waals surface area contributed by atoms with Crippen LogP contribution in [0.5, 0.6) is 0 Å². The third-order valence-electron chi connectivity index (χ3n) is 2.08. The quantitative estimate of drug-likeness (QED) is 0.739. The maximum atomic E-state index is 11.7. The molecule has 0 aliphatic carbocycles. The van der Waals surface area contributed by atoms with E-state index in [0.29, 0.717) is 5.69 Å². The molecule has 1 heterocycles. The lowest BCUT2D eigenvalue weighted by Gasteiger charge is -2.06. The molecule has 1 aromatic rings. The molecular formula is C11H14F2N2O3. The minimum Gasteiger partial charge on any atom is -0.374 e. The van der Waals surface area contributed by atoms with Crippen molar-refractivity contribution in [3.8, 4) is 0 Å². The normalized spacial score (nSPS) is 10.7. The number of halogens is 2. The molecule has 0 aromatic carbocycles. The predicted octanol–water partition coefficient (Wildman–Crippen LogP) is 0.695. The topological polar surface area (TPSA) is 71.2 Å². The van der Waals surface area contributed by atoms with Gasteiger partial charge in [0.1, 0.15) is 12.2 Å². The van der Waals surface area contributed by atoms with E-state index in [1.54, 1.807) is 6.92 Å². The molecule has 100 valence electrons. The van der Waals surface area contributed by atoms with Gasteiger partial charge in [-0.2, -0.15) is 0 Å². The van der Waals surface area contributed by atoms with Gasteiger partial charge in [0.25, 0.3) is 12.3 Å². The Hall–Kier alpha value is -1.76. The fourth-order valence-electron chi connectivity index (χ4n) is 1.26. The number of aromatic amines is 1. The molecule has 2 N–H and O–H groups in total. The second kappa shape index (κ2) is 6.85. The first-order valence-electron chi connectivity index (χ1n) is 5.34. The summed E-state index contributed by atoms with van der Waals surface area (Å²) in [6, 6.07) is 1.31. The summed E-state index contributed by atoms with van der Waals surface area (Å²) < 4.78 is 28.0. The van der Waals surface area contributed by atoms with E-state index >= 15 is 0 Å². The van der Waals surface area contributed by atoms with Gasteiger partial charge in [0.15, 0.2) is 5.43 Å². The summed E-state index contributed by atoms with van der Waals surface area (Å²) in [6.07, 6.45) is -1.21. The van der Waals surface area contributed by atoms with E-state index in [1.165, 1.54) is 12.3 Å². The highest BCUT2D eigenvalue weighted by Gasteiger charge is 2.09. The zero-order chi connectivity index (χ0) is 13.5. The number of amides is 1. The molecule has 0 unspecified atom stereocenters. The molecule has 0 radical (unpaired) electrons. The highest BCUT2D eigenvalue weighted by Crippen LogP contribution is 1.93. The van der Waals surface area contributed by atoms with Gasteiger partial charge in [-0.1, -0.05) is 0 Å². The number of hydrogen-bond donors (Lipinski definition) is 2. The van der Waals surface area contributed by atoms with Crippen LogP contribution in [-0.2, 0) is 4.74 Å². The third-order valence-corrected chi connectivity index (χ3v) is 2.08. The number of ether oxygens (including phenoxy) is 1. The molecule has 0 fully saturated rings. The second-order valence-electron chi connectivity index (χ2n) is 3.62. The number of rotatable bonds is 6. The molecule has 0 saturated carbocycles. The molecule has 7 heteroatoms. The van der Waals surface area contributed by atoms with Crippen LogP contribution in [0, 0.1) is 6.92 Å². The standard InChI is InChI=1S/C11H14F2N2O3/c1-7-4-9(16)8(5-15-7)11(17)14-2-3-18-6-10(12)13/h4-5,10H,2-3,6H2,1H3,(H,14,17)(H,15,16). The van der Waals surface area contributed by atoms with Crippen molar-refractivity contribution in [2.75, 3.05) is 19.8 Å². The second-order valence-corrected chi connectivity index (χ2v) is 3.62. The highest BCUT2D eigenvalue weighted by atomic mass is 19.3. The van der Waals surface area contributed by atoms with E-state index in [4.69, 9.17) is 0 Å². The average Bonchev–Trinajstić information content (AvgIpc) is 2.27. The van der Waals surface area contributed by atoms with Crippen molar-refractivity contribution in [2.24, 2.45) is 0 Å². The summed E-state index contributed by atoms with van der Waals surface area (Å²) in [6.45, 7) is 1.07. The largest absolute Gasteiger partial charge is 0.374 e. The van der Waals surface area contributed by atoms with Crippen LogP contribution >= 0.6 is 0 Å².